The summed E-state index contributed by atoms with van der Waals surface area (Å²) in [6.07, 6.45) is 0. The summed E-state index contributed by atoms with van der Waals surface area (Å²) in [5.74, 6) is 1.16. The molecule has 1 aliphatic rings. The lowest BCUT2D eigenvalue weighted by atomic mass is 9.97. The number of nitrogen functional groups attached to an aromatic ring is 1. The Kier molecular flexibility index (Phi) is 4.10. The van der Waals surface area contributed by atoms with Crippen LogP contribution >= 0.6 is 0 Å². The quantitative estimate of drug-likeness (QED) is 0.459. The number of anilines is 1. The molecule has 2 N–H and O–H groups in total. The van der Waals surface area contributed by atoms with Crippen molar-refractivity contribution >= 4 is 5.69 Å². The Bertz CT molecular complexity index is 1090. The van der Waals surface area contributed by atoms with Crippen LogP contribution in [0.25, 0.3) is 0 Å². The Labute approximate surface area is 169 Å². The minimum Gasteiger partial charge on any atom is -0.453 e. The second-order valence-electron chi connectivity index (χ2n) is 6.81. The number of ether oxygens (including phenoxy) is 3. The van der Waals surface area contributed by atoms with Gasteiger partial charge in [-0.2, -0.15) is 0 Å². The van der Waals surface area contributed by atoms with Crippen molar-refractivity contribution in [3.05, 3.63) is 114 Å². The van der Waals surface area contributed by atoms with Gasteiger partial charge in [0.2, 0.25) is 5.75 Å². The summed E-state index contributed by atoms with van der Waals surface area (Å²) in [7, 11) is 0. The van der Waals surface area contributed by atoms with Gasteiger partial charge in [0.15, 0.2) is 11.5 Å². The molecule has 4 aromatic rings. The Hall–Kier alpha value is -3.92. The summed E-state index contributed by atoms with van der Waals surface area (Å²) in [6.45, 7) is 0. The van der Waals surface area contributed by atoms with E-state index in [4.69, 9.17) is 19.9 Å². The lowest BCUT2D eigenvalue weighted by molar-refractivity contribution is -0.0465. The Morgan fingerprint density at radius 1 is 0.655 bits per heavy atom. The largest absolute Gasteiger partial charge is 0.453 e. The predicted octanol–water partition coefficient (Wildman–Crippen LogP) is 5.73. The van der Waals surface area contributed by atoms with Gasteiger partial charge >= 0.3 is 5.79 Å². The van der Waals surface area contributed by atoms with E-state index in [2.05, 4.69) is 0 Å². The molecule has 0 amide bonds. The summed E-state index contributed by atoms with van der Waals surface area (Å²) >= 11 is 0. The van der Waals surface area contributed by atoms with Gasteiger partial charge in [-0.05, 0) is 12.1 Å². The van der Waals surface area contributed by atoms with E-state index in [1.165, 1.54) is 0 Å². The molecule has 0 saturated heterocycles. The van der Waals surface area contributed by atoms with Crippen LogP contribution in [0.4, 0.5) is 5.69 Å². The molecule has 0 bridgehead atoms. The zero-order valence-corrected chi connectivity index (χ0v) is 15.6. The van der Waals surface area contributed by atoms with E-state index in [9.17, 15) is 0 Å². The Balaban J connectivity index is 1.64. The average molecular weight is 381 g/mol. The highest BCUT2D eigenvalue weighted by Crippen LogP contribution is 2.53. The number of hydrogen-bond acceptors (Lipinski definition) is 4. The van der Waals surface area contributed by atoms with E-state index >= 15 is 0 Å². The molecule has 0 aromatic heterocycles. The zero-order valence-electron chi connectivity index (χ0n) is 15.6. The van der Waals surface area contributed by atoms with Crippen molar-refractivity contribution in [3.63, 3.8) is 0 Å². The normalized spacial score (nSPS) is 13.8. The van der Waals surface area contributed by atoms with Gasteiger partial charge in [0, 0.05) is 28.9 Å². The molecule has 4 heteroatoms. The highest BCUT2D eigenvalue weighted by molar-refractivity contribution is 5.64. The maximum atomic E-state index is 6.52. The predicted molar refractivity (Wildman–Crippen MR) is 112 cm³/mol. The van der Waals surface area contributed by atoms with Gasteiger partial charge in [-0.3, -0.25) is 0 Å². The Morgan fingerprint density at radius 2 is 1.21 bits per heavy atom. The van der Waals surface area contributed by atoms with Crippen molar-refractivity contribution in [1.29, 1.82) is 0 Å². The number of rotatable bonds is 4. The molecule has 142 valence electrons. The molecular weight excluding hydrogens is 362 g/mol. The molecule has 0 saturated carbocycles. The van der Waals surface area contributed by atoms with Crippen LogP contribution in [0.2, 0.25) is 0 Å². The topological polar surface area (TPSA) is 53.7 Å². The first-order valence-corrected chi connectivity index (χ1v) is 9.40. The highest BCUT2D eigenvalue weighted by atomic mass is 16.7. The van der Waals surface area contributed by atoms with Crippen LogP contribution < -0.4 is 19.9 Å². The van der Waals surface area contributed by atoms with E-state index in [-0.39, 0.29) is 0 Å². The molecular formula is C25H19NO3. The monoisotopic (exact) mass is 381 g/mol. The molecule has 0 radical (unpaired) electrons. The third-order valence-corrected chi connectivity index (χ3v) is 4.82. The molecule has 0 spiro atoms. The second-order valence-corrected chi connectivity index (χ2v) is 6.81. The molecule has 29 heavy (non-hydrogen) atoms. The van der Waals surface area contributed by atoms with Gasteiger partial charge in [0.25, 0.3) is 0 Å². The molecule has 0 atom stereocenters. The molecule has 1 heterocycles. The molecule has 1 aliphatic heterocycles. The van der Waals surface area contributed by atoms with E-state index in [0.29, 0.717) is 28.7 Å². The molecule has 0 aliphatic carbocycles. The van der Waals surface area contributed by atoms with E-state index in [1.807, 2.05) is 91.0 Å². The van der Waals surface area contributed by atoms with Crippen molar-refractivity contribution in [2.24, 2.45) is 0 Å². The third kappa shape index (κ3) is 3.05. The lowest BCUT2D eigenvalue weighted by Crippen LogP contribution is -2.36. The fraction of sp³-hybridized carbons (Fsp3) is 0.0400. The average Bonchev–Trinajstić information content (AvgIpc) is 3.17. The summed E-state index contributed by atoms with van der Waals surface area (Å²) in [5.41, 5.74) is 8.44. The lowest BCUT2D eigenvalue weighted by Gasteiger charge is -2.28. The van der Waals surface area contributed by atoms with Crippen LogP contribution in [0.3, 0.4) is 0 Å². The number of para-hydroxylation sites is 1. The SMILES string of the molecule is Nc1cc(Oc2ccccc2)c2c(c1)OC(c1ccccc1)(c1ccccc1)O2. The number of fused-ring (bicyclic) bond motifs is 1. The number of nitrogens with two attached hydrogens (primary N) is 1. The van der Waals surface area contributed by atoms with Gasteiger partial charge in [0.05, 0.1) is 0 Å². The van der Waals surface area contributed by atoms with E-state index < -0.39 is 5.79 Å². The third-order valence-electron chi connectivity index (χ3n) is 4.82. The fourth-order valence-electron chi connectivity index (χ4n) is 3.50. The van der Waals surface area contributed by atoms with Crippen LogP contribution in [0.5, 0.6) is 23.0 Å². The second kappa shape index (κ2) is 6.91. The van der Waals surface area contributed by atoms with Crippen molar-refractivity contribution in [3.8, 4) is 23.0 Å². The minimum absolute atomic E-state index is 0.514. The van der Waals surface area contributed by atoms with Gasteiger partial charge in [-0.1, -0.05) is 78.9 Å². The van der Waals surface area contributed by atoms with Crippen LogP contribution in [0, 0.1) is 0 Å². The standard InChI is InChI=1S/C25H19NO3/c26-20-16-22(27-21-14-8-3-9-15-21)24-23(17-20)28-25(29-24,18-10-4-1-5-11-18)19-12-6-2-7-13-19/h1-17H,26H2. The summed E-state index contributed by atoms with van der Waals surface area (Å²) in [5, 5.41) is 0. The Morgan fingerprint density at radius 3 is 1.79 bits per heavy atom. The maximum Gasteiger partial charge on any atom is 0.305 e. The first-order chi connectivity index (χ1) is 14.2. The first-order valence-electron chi connectivity index (χ1n) is 9.40. The van der Waals surface area contributed by atoms with Crippen LogP contribution in [0.1, 0.15) is 11.1 Å². The van der Waals surface area contributed by atoms with Gasteiger partial charge in [-0.15, -0.1) is 0 Å². The van der Waals surface area contributed by atoms with E-state index in [1.54, 1.807) is 12.1 Å². The van der Waals surface area contributed by atoms with Crippen molar-refractivity contribution in [2.45, 2.75) is 5.79 Å². The number of hydrogen-bond donors (Lipinski definition) is 1. The van der Waals surface area contributed by atoms with Crippen LogP contribution in [-0.2, 0) is 5.79 Å². The van der Waals surface area contributed by atoms with Crippen molar-refractivity contribution < 1.29 is 14.2 Å². The van der Waals surface area contributed by atoms with Crippen LogP contribution in [0.15, 0.2) is 103 Å². The smallest absolute Gasteiger partial charge is 0.305 e. The molecule has 0 unspecified atom stereocenters. The van der Waals surface area contributed by atoms with Crippen molar-refractivity contribution in [2.75, 3.05) is 5.73 Å². The molecule has 5 rings (SSSR count). The van der Waals surface area contributed by atoms with Crippen LogP contribution in [-0.4, -0.2) is 0 Å². The summed E-state index contributed by atoms with van der Waals surface area (Å²) in [6, 6.07) is 32.8. The van der Waals surface area contributed by atoms with Gasteiger partial charge < -0.3 is 19.9 Å². The summed E-state index contributed by atoms with van der Waals surface area (Å²) < 4.78 is 19.0. The number of benzene rings is 4. The molecule has 0 fully saturated rings. The minimum atomic E-state index is -1.12. The summed E-state index contributed by atoms with van der Waals surface area (Å²) in [4.78, 5) is 0. The fourth-order valence-corrected chi connectivity index (χ4v) is 3.50. The van der Waals surface area contributed by atoms with Gasteiger partial charge in [-0.25, -0.2) is 0 Å². The van der Waals surface area contributed by atoms with Crippen molar-refractivity contribution in [1.82, 2.24) is 0 Å². The van der Waals surface area contributed by atoms with Gasteiger partial charge in [0.1, 0.15) is 5.75 Å². The molecule has 4 nitrogen and oxygen atoms in total. The highest BCUT2D eigenvalue weighted by Gasteiger charge is 2.46. The zero-order chi connectivity index (χ0) is 19.7. The van der Waals surface area contributed by atoms with E-state index in [0.717, 1.165) is 11.1 Å². The first kappa shape index (κ1) is 17.2. The maximum absolute atomic E-state index is 6.52. The molecule has 4 aromatic carbocycles.